The fourth-order valence-electron chi connectivity index (χ4n) is 1.76. The van der Waals surface area contributed by atoms with E-state index in [0.717, 1.165) is 11.1 Å². The molecule has 17 heavy (non-hydrogen) atoms. The maximum absolute atomic E-state index is 9.69. The standard InChI is InChI=1S/C14H15NO2/c15-13(9-16)12-8-11(6-7-14(12)17)10-4-2-1-3-5-10/h1-8,13,16-17H,9,15H2/t13-/m0/s1. The summed E-state index contributed by atoms with van der Waals surface area (Å²) in [6.07, 6.45) is 0. The summed E-state index contributed by atoms with van der Waals surface area (Å²) in [7, 11) is 0. The average molecular weight is 229 g/mol. The van der Waals surface area contributed by atoms with E-state index in [0.29, 0.717) is 5.56 Å². The van der Waals surface area contributed by atoms with E-state index >= 15 is 0 Å². The second-order valence-electron chi connectivity index (χ2n) is 3.93. The van der Waals surface area contributed by atoms with Gasteiger partial charge in [-0.3, -0.25) is 0 Å². The van der Waals surface area contributed by atoms with Crippen LogP contribution in [-0.4, -0.2) is 16.8 Å². The first-order chi connectivity index (χ1) is 8.22. The first-order valence-corrected chi connectivity index (χ1v) is 5.47. The monoisotopic (exact) mass is 229 g/mol. The topological polar surface area (TPSA) is 66.5 Å². The van der Waals surface area contributed by atoms with Crippen molar-refractivity contribution in [2.45, 2.75) is 6.04 Å². The summed E-state index contributed by atoms with van der Waals surface area (Å²) in [5.74, 6) is 0.117. The molecular weight excluding hydrogens is 214 g/mol. The van der Waals surface area contributed by atoms with E-state index in [2.05, 4.69) is 0 Å². The zero-order valence-corrected chi connectivity index (χ0v) is 9.38. The molecule has 0 aliphatic heterocycles. The Hall–Kier alpha value is -1.84. The lowest BCUT2D eigenvalue weighted by Crippen LogP contribution is -2.14. The maximum Gasteiger partial charge on any atom is 0.120 e. The Morgan fingerprint density at radius 1 is 1.00 bits per heavy atom. The van der Waals surface area contributed by atoms with Crippen molar-refractivity contribution in [2.24, 2.45) is 5.73 Å². The highest BCUT2D eigenvalue weighted by Gasteiger charge is 2.11. The molecule has 0 bridgehead atoms. The van der Waals surface area contributed by atoms with Crippen LogP contribution >= 0.6 is 0 Å². The molecule has 0 aromatic heterocycles. The summed E-state index contributed by atoms with van der Waals surface area (Å²) in [5.41, 5.74) is 8.32. The van der Waals surface area contributed by atoms with Crippen molar-refractivity contribution in [3.05, 3.63) is 54.1 Å². The highest BCUT2D eigenvalue weighted by Crippen LogP contribution is 2.28. The maximum atomic E-state index is 9.69. The van der Waals surface area contributed by atoms with Crippen LogP contribution in [0, 0.1) is 0 Å². The van der Waals surface area contributed by atoms with Crippen LogP contribution in [0.5, 0.6) is 5.75 Å². The van der Waals surface area contributed by atoms with E-state index in [1.807, 2.05) is 42.5 Å². The Kier molecular flexibility index (Phi) is 3.42. The van der Waals surface area contributed by atoms with Crippen molar-refractivity contribution in [3.8, 4) is 16.9 Å². The smallest absolute Gasteiger partial charge is 0.120 e. The summed E-state index contributed by atoms with van der Waals surface area (Å²) >= 11 is 0. The van der Waals surface area contributed by atoms with Gasteiger partial charge in [0.05, 0.1) is 12.6 Å². The minimum Gasteiger partial charge on any atom is -0.508 e. The van der Waals surface area contributed by atoms with Crippen LogP contribution in [0.2, 0.25) is 0 Å². The Balaban J connectivity index is 2.44. The van der Waals surface area contributed by atoms with E-state index in [9.17, 15) is 5.11 Å². The number of hydrogen-bond acceptors (Lipinski definition) is 3. The number of nitrogens with two attached hydrogens (primary N) is 1. The van der Waals surface area contributed by atoms with Gasteiger partial charge in [0.2, 0.25) is 0 Å². The lowest BCUT2D eigenvalue weighted by Gasteiger charge is -2.12. The minimum atomic E-state index is -0.557. The molecule has 0 spiro atoms. The van der Waals surface area contributed by atoms with Gasteiger partial charge in [-0.2, -0.15) is 0 Å². The van der Waals surface area contributed by atoms with E-state index in [1.54, 1.807) is 6.07 Å². The van der Waals surface area contributed by atoms with Crippen molar-refractivity contribution in [1.82, 2.24) is 0 Å². The molecule has 2 rings (SSSR count). The van der Waals surface area contributed by atoms with Crippen LogP contribution in [-0.2, 0) is 0 Å². The molecule has 2 aromatic rings. The molecule has 0 aliphatic carbocycles. The fraction of sp³-hybridized carbons (Fsp3) is 0.143. The van der Waals surface area contributed by atoms with Gasteiger partial charge in [-0.1, -0.05) is 36.4 Å². The lowest BCUT2D eigenvalue weighted by atomic mass is 9.99. The zero-order chi connectivity index (χ0) is 12.3. The van der Waals surface area contributed by atoms with E-state index < -0.39 is 6.04 Å². The van der Waals surface area contributed by atoms with Gasteiger partial charge >= 0.3 is 0 Å². The number of rotatable bonds is 3. The number of aliphatic hydroxyl groups excluding tert-OH is 1. The third-order valence-corrected chi connectivity index (χ3v) is 2.73. The SMILES string of the molecule is N[C@@H](CO)c1cc(-c2ccccc2)ccc1O. The van der Waals surface area contributed by atoms with Gasteiger partial charge in [-0.15, -0.1) is 0 Å². The van der Waals surface area contributed by atoms with Gasteiger partial charge in [0.1, 0.15) is 5.75 Å². The first-order valence-electron chi connectivity index (χ1n) is 5.47. The largest absolute Gasteiger partial charge is 0.508 e. The van der Waals surface area contributed by atoms with Crippen molar-refractivity contribution in [2.75, 3.05) is 6.61 Å². The summed E-state index contributed by atoms with van der Waals surface area (Å²) in [5, 5.41) is 18.7. The number of phenols is 1. The van der Waals surface area contributed by atoms with Crippen LogP contribution in [0.3, 0.4) is 0 Å². The second-order valence-corrected chi connectivity index (χ2v) is 3.93. The highest BCUT2D eigenvalue weighted by molar-refractivity contribution is 5.65. The molecule has 0 saturated heterocycles. The molecular formula is C14H15NO2. The number of phenolic OH excluding ortho intramolecular Hbond substituents is 1. The third-order valence-electron chi connectivity index (χ3n) is 2.73. The predicted molar refractivity (Wildman–Crippen MR) is 67.6 cm³/mol. The second kappa shape index (κ2) is 4.99. The molecule has 3 heteroatoms. The Morgan fingerprint density at radius 3 is 2.35 bits per heavy atom. The molecule has 0 radical (unpaired) electrons. The minimum absolute atomic E-state index is 0.117. The van der Waals surface area contributed by atoms with Crippen molar-refractivity contribution in [1.29, 1.82) is 0 Å². The molecule has 0 unspecified atom stereocenters. The number of hydrogen-bond donors (Lipinski definition) is 3. The van der Waals surface area contributed by atoms with Crippen LogP contribution in [0.15, 0.2) is 48.5 Å². The van der Waals surface area contributed by atoms with E-state index in [4.69, 9.17) is 10.8 Å². The van der Waals surface area contributed by atoms with Crippen molar-refractivity contribution >= 4 is 0 Å². The molecule has 0 aliphatic rings. The highest BCUT2D eigenvalue weighted by atomic mass is 16.3. The van der Waals surface area contributed by atoms with Gasteiger partial charge in [0, 0.05) is 5.56 Å². The molecule has 0 amide bonds. The van der Waals surface area contributed by atoms with Gasteiger partial charge in [-0.05, 0) is 23.3 Å². The van der Waals surface area contributed by atoms with Gasteiger partial charge in [-0.25, -0.2) is 0 Å². The number of benzene rings is 2. The van der Waals surface area contributed by atoms with Crippen molar-refractivity contribution in [3.63, 3.8) is 0 Å². The van der Waals surface area contributed by atoms with Crippen LogP contribution < -0.4 is 5.73 Å². The van der Waals surface area contributed by atoms with Crippen LogP contribution in [0.25, 0.3) is 11.1 Å². The Labute approximate surface area is 100 Å². The molecule has 0 fully saturated rings. The molecule has 0 saturated carbocycles. The van der Waals surface area contributed by atoms with Gasteiger partial charge in [0.25, 0.3) is 0 Å². The molecule has 0 heterocycles. The average Bonchev–Trinajstić information content (AvgIpc) is 2.39. The third kappa shape index (κ3) is 2.46. The number of aromatic hydroxyl groups is 1. The summed E-state index contributed by atoms with van der Waals surface area (Å²) < 4.78 is 0. The van der Waals surface area contributed by atoms with Crippen LogP contribution in [0.4, 0.5) is 0 Å². The first kappa shape index (κ1) is 11.6. The molecule has 2 aromatic carbocycles. The normalized spacial score (nSPS) is 12.4. The van der Waals surface area contributed by atoms with Crippen molar-refractivity contribution < 1.29 is 10.2 Å². The molecule has 3 nitrogen and oxygen atoms in total. The van der Waals surface area contributed by atoms with Gasteiger partial charge in [0.15, 0.2) is 0 Å². The summed E-state index contributed by atoms with van der Waals surface area (Å²) in [6.45, 7) is -0.189. The lowest BCUT2D eigenvalue weighted by molar-refractivity contribution is 0.265. The quantitative estimate of drug-likeness (QED) is 0.754. The zero-order valence-electron chi connectivity index (χ0n) is 9.38. The molecule has 4 N–H and O–H groups in total. The molecule has 1 atom stereocenters. The number of aliphatic hydroxyl groups is 1. The fourth-order valence-corrected chi connectivity index (χ4v) is 1.76. The predicted octanol–water partition coefficient (Wildman–Crippen LogP) is 2.05. The van der Waals surface area contributed by atoms with Crippen LogP contribution in [0.1, 0.15) is 11.6 Å². The molecule has 88 valence electrons. The Bertz CT molecular complexity index is 497. The summed E-state index contributed by atoms with van der Waals surface area (Å²) in [6, 6.07) is 14.5. The van der Waals surface area contributed by atoms with Gasteiger partial charge < -0.3 is 15.9 Å². The van der Waals surface area contributed by atoms with E-state index in [1.165, 1.54) is 0 Å². The van der Waals surface area contributed by atoms with E-state index in [-0.39, 0.29) is 12.4 Å². The Morgan fingerprint density at radius 2 is 1.71 bits per heavy atom. The summed E-state index contributed by atoms with van der Waals surface area (Å²) in [4.78, 5) is 0.